The molecule has 2 atom stereocenters. The van der Waals surface area contributed by atoms with Crippen LogP contribution in [0.3, 0.4) is 0 Å². The predicted octanol–water partition coefficient (Wildman–Crippen LogP) is 5.72. The van der Waals surface area contributed by atoms with Gasteiger partial charge in [0.25, 0.3) is 0 Å². The van der Waals surface area contributed by atoms with E-state index >= 15 is 33.6 Å². The van der Waals surface area contributed by atoms with Gasteiger partial charge in [0.2, 0.25) is 53.2 Å². The van der Waals surface area contributed by atoms with Crippen LogP contribution in [0, 0.1) is 11.8 Å². The molecule has 0 radical (unpaired) electrons. The van der Waals surface area contributed by atoms with Crippen LogP contribution in [0.2, 0.25) is 0 Å². The van der Waals surface area contributed by atoms with Gasteiger partial charge < -0.3 is 67.0 Å². The van der Waals surface area contributed by atoms with Gasteiger partial charge in [-0.05, 0) is 133 Å². The average Bonchev–Trinajstić information content (AvgIpc) is 1.79. The lowest BCUT2D eigenvalue weighted by Crippen LogP contribution is -2.56. The fourth-order valence-corrected chi connectivity index (χ4v) is 14.6. The minimum atomic E-state index is -1.07. The quantitative estimate of drug-likeness (QED) is 0.0370. The summed E-state index contributed by atoms with van der Waals surface area (Å²) >= 11 is 0. The number of Topliss-reactive ketones (excluding diaryl/α,β-unsaturated/α-hetero) is 1. The summed E-state index contributed by atoms with van der Waals surface area (Å²) < 4.78 is 0. The number of amides is 9. The molecule has 3 aliphatic rings. The number of fused-ring (bicyclic) bond motifs is 2. The first-order valence-corrected chi connectivity index (χ1v) is 38.8. The van der Waals surface area contributed by atoms with Crippen molar-refractivity contribution in [2.75, 3.05) is 124 Å². The maximum absolute atomic E-state index is 15.9. The Morgan fingerprint density at radius 1 is 0.370 bits per heavy atom. The van der Waals surface area contributed by atoms with E-state index in [1.807, 2.05) is 125 Å². The zero-order valence-electron chi connectivity index (χ0n) is 65.1. The van der Waals surface area contributed by atoms with Gasteiger partial charge in [-0.15, -0.1) is 0 Å². The van der Waals surface area contributed by atoms with Crippen molar-refractivity contribution in [1.82, 2.24) is 49.0 Å². The van der Waals surface area contributed by atoms with Gasteiger partial charge >= 0.3 is 0 Å². The molecule has 4 aromatic carbocycles. The summed E-state index contributed by atoms with van der Waals surface area (Å²) in [5.74, 6) is -5.59. The fourth-order valence-electron chi connectivity index (χ4n) is 14.6. The lowest BCUT2D eigenvalue weighted by molar-refractivity contribution is -0.151. The van der Waals surface area contributed by atoms with Crippen LogP contribution in [0.1, 0.15) is 160 Å². The number of rotatable bonds is 24. The normalized spacial score (nSPS) is 18.8. The van der Waals surface area contributed by atoms with Gasteiger partial charge in [-0.3, -0.25) is 62.8 Å². The molecule has 2 unspecified atom stereocenters. The molecule has 0 spiro atoms. The number of aliphatic imine (C=N–C) groups is 2. The molecule has 0 bridgehead atoms. The highest BCUT2D eigenvalue weighted by molar-refractivity contribution is 5.96. The maximum atomic E-state index is 15.9. The third kappa shape index (κ3) is 26.6. The molecule has 0 saturated carbocycles. The van der Waals surface area contributed by atoms with Gasteiger partial charge in [0.15, 0.2) is 17.7 Å². The van der Waals surface area contributed by atoms with Gasteiger partial charge in [-0.1, -0.05) is 149 Å². The minimum Gasteiger partial charge on any atom is -0.370 e. The SMILES string of the molecule is CC(C)CN1CC(=O)N(CCCCN=C(N)N)CC(=O)N(C(C)C)CC(=O)N2CCCC2C(=O)N(CC(c2ccccc2)c2ccccc2)CC(=O)N(CC(C)C)CC(=O)N(CCCCN=C(N)N)CC(=O)N(C(C)C)CC(=O)N2CCCC2C(=O)CCCCN(CC(c2ccccc2)c2ccccc2)CC1=O. The van der Waals surface area contributed by atoms with Crippen molar-refractivity contribution in [3.05, 3.63) is 144 Å². The van der Waals surface area contributed by atoms with Crippen molar-refractivity contribution < 1.29 is 47.9 Å². The molecule has 3 saturated heterocycles. The highest BCUT2D eigenvalue weighted by Crippen LogP contribution is 2.31. The standard InChI is InChI=1S/C82H120N16O10/c1-59(2)47-92-52-73(101)90(43-25-22-40-87-81(83)84)56-77(105)98(62(7)8)58-79(107)96-46-28-38-70(96)80(108)94(50-68(65-33-17-11-18-34-65)66-35-19-12-20-36-66)54-75(103)93(48-60(3)4)53-74(102)91(44-26-23-41-88-82(85)86)55-76(104)97(61(5)6)57-78(106)95-45-27-37-69(95)71(99)39-21-24-42-89(51-72(92)100)49-67(63-29-13-9-14-30-63)64-31-15-10-16-32-64/h9-20,29-36,59-62,67-70H,21-28,37-58H2,1-8H3,(H4,83,84,87)(H4,85,86,88). The molecule has 3 fully saturated rings. The third-order valence-electron chi connectivity index (χ3n) is 20.2. The van der Waals surface area contributed by atoms with Gasteiger partial charge in [0.05, 0.1) is 45.3 Å². The van der Waals surface area contributed by atoms with Crippen LogP contribution in [-0.2, 0) is 47.9 Å². The molecule has 26 heteroatoms. The Labute approximate surface area is 639 Å². The van der Waals surface area contributed by atoms with Gasteiger partial charge in [-0.2, -0.15) is 0 Å². The van der Waals surface area contributed by atoms with Crippen LogP contribution in [0.15, 0.2) is 131 Å². The van der Waals surface area contributed by atoms with Crippen molar-refractivity contribution in [2.24, 2.45) is 44.8 Å². The molecule has 588 valence electrons. The number of carbonyl (C=O) groups is 10. The Balaban J connectivity index is 1.29. The average molecular weight is 1490 g/mol. The van der Waals surface area contributed by atoms with Crippen molar-refractivity contribution in [1.29, 1.82) is 0 Å². The number of unbranched alkanes of at least 4 members (excludes halogenated alkanes) is 2. The van der Waals surface area contributed by atoms with Gasteiger partial charge in [-0.25, -0.2) is 0 Å². The van der Waals surface area contributed by atoms with Crippen molar-refractivity contribution in [3.63, 3.8) is 0 Å². The molecule has 3 heterocycles. The summed E-state index contributed by atoms with van der Waals surface area (Å²) in [5, 5.41) is 0. The van der Waals surface area contributed by atoms with Crippen LogP contribution in [0.25, 0.3) is 0 Å². The van der Waals surface area contributed by atoms with Crippen LogP contribution < -0.4 is 22.9 Å². The van der Waals surface area contributed by atoms with Crippen molar-refractivity contribution in [2.45, 2.75) is 162 Å². The number of benzene rings is 4. The zero-order chi connectivity index (χ0) is 78.4. The molecule has 9 amide bonds. The topological polar surface area (TPSA) is 332 Å². The molecule has 8 N–H and O–H groups in total. The monoisotopic (exact) mass is 1490 g/mol. The lowest BCUT2D eigenvalue weighted by Gasteiger charge is -2.36. The fraction of sp³-hybridized carbons (Fsp3) is 0.561. The van der Waals surface area contributed by atoms with E-state index in [1.165, 1.54) is 34.3 Å². The van der Waals surface area contributed by atoms with Crippen molar-refractivity contribution in [3.8, 4) is 0 Å². The Morgan fingerprint density at radius 3 is 1.13 bits per heavy atom. The summed E-state index contributed by atoms with van der Waals surface area (Å²) in [5.41, 5.74) is 26.5. The Morgan fingerprint density at radius 2 is 0.731 bits per heavy atom. The predicted molar refractivity (Wildman–Crippen MR) is 420 cm³/mol. The Hall–Kier alpha value is -9.72. The van der Waals surface area contributed by atoms with E-state index in [4.69, 9.17) is 22.9 Å². The summed E-state index contributed by atoms with van der Waals surface area (Å²) in [6, 6.07) is 36.4. The van der Waals surface area contributed by atoms with Crippen LogP contribution >= 0.6 is 0 Å². The molecule has 3 aliphatic heterocycles. The van der Waals surface area contributed by atoms with E-state index in [-0.39, 0.29) is 126 Å². The number of nitrogens with zero attached hydrogens (tertiary/aromatic N) is 12. The number of nitrogens with two attached hydrogens (primary N) is 4. The molecule has 4 aromatic rings. The zero-order valence-corrected chi connectivity index (χ0v) is 65.1. The van der Waals surface area contributed by atoms with E-state index in [0.717, 1.165) is 22.3 Å². The molecule has 108 heavy (non-hydrogen) atoms. The van der Waals surface area contributed by atoms with Crippen molar-refractivity contribution >= 4 is 70.9 Å². The second-order valence-electron chi connectivity index (χ2n) is 30.3. The smallest absolute Gasteiger partial charge is 0.245 e. The maximum Gasteiger partial charge on any atom is 0.245 e. The molecule has 26 nitrogen and oxygen atoms in total. The summed E-state index contributed by atoms with van der Waals surface area (Å²) in [7, 11) is 0. The first kappa shape index (κ1) is 85.5. The number of hydrogen-bond acceptors (Lipinski definition) is 13. The second kappa shape index (κ2) is 43.3. The van der Waals surface area contributed by atoms with E-state index in [9.17, 15) is 14.4 Å². The highest BCUT2D eigenvalue weighted by atomic mass is 16.2. The van der Waals surface area contributed by atoms with Gasteiger partial charge in [0.1, 0.15) is 19.1 Å². The summed E-state index contributed by atoms with van der Waals surface area (Å²) in [4.78, 5) is 175. The van der Waals surface area contributed by atoms with E-state index in [1.54, 1.807) is 37.5 Å². The van der Waals surface area contributed by atoms with E-state index in [0.29, 0.717) is 77.4 Å². The number of guanidine groups is 2. The Bertz CT molecular complexity index is 3550. The second-order valence-corrected chi connectivity index (χ2v) is 30.3. The number of carbonyl (C=O) groups excluding carboxylic acids is 10. The highest BCUT2D eigenvalue weighted by Gasteiger charge is 2.41. The lowest BCUT2D eigenvalue weighted by atomic mass is 9.90. The molecule has 7 rings (SSSR count). The third-order valence-corrected chi connectivity index (χ3v) is 20.2. The van der Waals surface area contributed by atoms with E-state index < -0.39 is 110 Å². The number of ketones is 1. The van der Waals surface area contributed by atoms with Crippen LogP contribution in [0.5, 0.6) is 0 Å². The first-order chi connectivity index (χ1) is 51.7. The molecular weight excluding hydrogens is 1370 g/mol. The Kier molecular flexibility index (Phi) is 34.3. The molecule has 0 aliphatic carbocycles. The van der Waals surface area contributed by atoms with E-state index in [2.05, 4.69) is 39.2 Å². The number of hydrogen-bond donors (Lipinski definition) is 4. The van der Waals surface area contributed by atoms with Crippen LogP contribution in [0.4, 0.5) is 0 Å². The summed E-state index contributed by atoms with van der Waals surface area (Å²) in [6.45, 7) is 14.0. The largest absolute Gasteiger partial charge is 0.370 e. The molecular formula is C82H120N16O10. The minimum absolute atomic E-state index is 0.0129. The van der Waals surface area contributed by atoms with Crippen LogP contribution in [-0.4, -0.2) is 268 Å². The molecule has 0 aromatic heterocycles. The summed E-state index contributed by atoms with van der Waals surface area (Å²) in [6.07, 6.45) is 4.43. The first-order valence-electron chi connectivity index (χ1n) is 38.8. The van der Waals surface area contributed by atoms with Gasteiger partial charge in [0, 0.05) is 95.8 Å².